The highest BCUT2D eigenvalue weighted by atomic mass is 35.5. The first-order chi connectivity index (χ1) is 8.15. The first kappa shape index (κ1) is 12.7. The summed E-state index contributed by atoms with van der Waals surface area (Å²) < 4.78 is 5.73. The lowest BCUT2D eigenvalue weighted by atomic mass is 10.2. The number of nitrogens with one attached hydrogen (secondary N) is 1. The van der Waals surface area contributed by atoms with Crippen molar-refractivity contribution < 1.29 is 4.74 Å². The van der Waals surface area contributed by atoms with Gasteiger partial charge in [0, 0.05) is 18.5 Å². The van der Waals surface area contributed by atoms with Gasteiger partial charge in [0.05, 0.1) is 11.6 Å². The van der Waals surface area contributed by atoms with Crippen LogP contribution in [0.3, 0.4) is 0 Å². The number of ether oxygens (including phenoxy) is 1. The molecule has 0 heterocycles. The minimum atomic E-state index is 0.507. The van der Waals surface area contributed by atoms with Crippen molar-refractivity contribution >= 4 is 11.6 Å². The van der Waals surface area contributed by atoms with E-state index in [1.807, 2.05) is 25.1 Å². The van der Waals surface area contributed by atoms with Gasteiger partial charge in [-0.3, -0.25) is 0 Å². The Labute approximate surface area is 108 Å². The van der Waals surface area contributed by atoms with Crippen molar-refractivity contribution in [3.05, 3.63) is 28.8 Å². The molecule has 1 fully saturated rings. The summed E-state index contributed by atoms with van der Waals surface area (Å²) in [5.74, 6) is 1.29. The first-order valence-corrected chi connectivity index (χ1v) is 6.65. The highest BCUT2D eigenvalue weighted by Gasteiger charge is 2.20. The molecular formula is C14H20ClNO. The molecule has 0 radical (unpaired) electrons. The number of rotatable bonds is 6. The van der Waals surface area contributed by atoms with Crippen LogP contribution in [-0.2, 0) is 0 Å². The first-order valence-electron chi connectivity index (χ1n) is 6.27. The smallest absolute Gasteiger partial charge is 0.137 e. The van der Waals surface area contributed by atoms with Crippen molar-refractivity contribution in [1.29, 1.82) is 0 Å². The maximum Gasteiger partial charge on any atom is 0.137 e. The highest BCUT2D eigenvalue weighted by Crippen LogP contribution is 2.25. The third-order valence-electron chi connectivity index (χ3n) is 2.94. The van der Waals surface area contributed by atoms with Gasteiger partial charge < -0.3 is 10.1 Å². The predicted octanol–water partition coefficient (Wildman–Crippen LogP) is 3.42. The number of aryl methyl sites for hydroxylation is 1. The number of benzene rings is 1. The van der Waals surface area contributed by atoms with Crippen LogP contribution in [0.1, 0.15) is 25.3 Å². The quantitative estimate of drug-likeness (QED) is 0.839. The van der Waals surface area contributed by atoms with E-state index < -0.39 is 0 Å². The Morgan fingerprint density at radius 3 is 2.88 bits per heavy atom. The molecule has 1 atom stereocenters. The van der Waals surface area contributed by atoms with Gasteiger partial charge in [0.15, 0.2) is 0 Å². The summed E-state index contributed by atoms with van der Waals surface area (Å²) in [4.78, 5) is 0. The molecule has 2 rings (SSSR count). The molecule has 1 aliphatic carbocycles. The van der Waals surface area contributed by atoms with E-state index in [-0.39, 0.29) is 0 Å². The summed E-state index contributed by atoms with van der Waals surface area (Å²) >= 11 is 6.11. The Morgan fingerprint density at radius 1 is 1.47 bits per heavy atom. The molecule has 1 saturated carbocycles. The second-order valence-electron chi connectivity index (χ2n) is 5.03. The maximum absolute atomic E-state index is 6.11. The summed E-state index contributed by atoms with van der Waals surface area (Å²) in [6, 6.07) is 6.66. The average molecular weight is 254 g/mol. The standard InChI is InChI=1S/C14H20ClNO/c1-10-3-6-14(13(15)7-10)17-9-11(2)8-16-12-4-5-12/h3,6-7,11-12,16H,4-5,8-9H2,1-2H3. The molecule has 0 spiro atoms. The molecule has 1 aliphatic rings. The normalized spacial score (nSPS) is 16.9. The lowest BCUT2D eigenvalue weighted by Crippen LogP contribution is -2.26. The van der Waals surface area contributed by atoms with E-state index in [0.717, 1.165) is 23.9 Å². The van der Waals surface area contributed by atoms with Crippen LogP contribution in [0.2, 0.25) is 5.02 Å². The summed E-state index contributed by atoms with van der Waals surface area (Å²) in [6.45, 7) is 5.95. The second kappa shape index (κ2) is 5.74. The monoisotopic (exact) mass is 253 g/mol. The molecule has 0 aliphatic heterocycles. The van der Waals surface area contributed by atoms with Gasteiger partial charge in [0.1, 0.15) is 5.75 Å². The van der Waals surface area contributed by atoms with E-state index in [4.69, 9.17) is 16.3 Å². The topological polar surface area (TPSA) is 21.3 Å². The Morgan fingerprint density at radius 2 is 2.24 bits per heavy atom. The summed E-state index contributed by atoms with van der Waals surface area (Å²) in [5, 5.41) is 4.20. The molecule has 0 bridgehead atoms. The Balaban J connectivity index is 1.75. The number of halogens is 1. The molecule has 0 aromatic heterocycles. The van der Waals surface area contributed by atoms with Crippen molar-refractivity contribution in [3.8, 4) is 5.75 Å². The molecule has 0 saturated heterocycles. The summed E-state index contributed by atoms with van der Waals surface area (Å²) in [7, 11) is 0. The third kappa shape index (κ3) is 4.21. The van der Waals surface area contributed by atoms with E-state index in [9.17, 15) is 0 Å². The molecule has 1 N–H and O–H groups in total. The molecule has 0 amide bonds. The number of hydrogen-bond acceptors (Lipinski definition) is 2. The van der Waals surface area contributed by atoms with Gasteiger partial charge in [0.25, 0.3) is 0 Å². The van der Waals surface area contributed by atoms with Crippen LogP contribution < -0.4 is 10.1 Å². The second-order valence-corrected chi connectivity index (χ2v) is 5.44. The van der Waals surface area contributed by atoms with E-state index >= 15 is 0 Å². The van der Waals surface area contributed by atoms with Gasteiger partial charge in [-0.2, -0.15) is 0 Å². The van der Waals surface area contributed by atoms with E-state index in [1.165, 1.54) is 12.8 Å². The Hall–Kier alpha value is -0.730. The fraction of sp³-hybridized carbons (Fsp3) is 0.571. The zero-order chi connectivity index (χ0) is 12.3. The fourth-order valence-corrected chi connectivity index (χ4v) is 1.96. The zero-order valence-electron chi connectivity index (χ0n) is 10.5. The highest BCUT2D eigenvalue weighted by molar-refractivity contribution is 6.32. The molecule has 94 valence electrons. The Kier molecular flexibility index (Phi) is 4.30. The van der Waals surface area contributed by atoms with Crippen molar-refractivity contribution in [1.82, 2.24) is 5.32 Å². The minimum Gasteiger partial charge on any atom is -0.492 e. The van der Waals surface area contributed by atoms with Gasteiger partial charge in [-0.25, -0.2) is 0 Å². The van der Waals surface area contributed by atoms with Gasteiger partial charge in [-0.1, -0.05) is 24.6 Å². The molecule has 1 aromatic rings. The molecule has 17 heavy (non-hydrogen) atoms. The summed E-state index contributed by atoms with van der Waals surface area (Å²) in [5.41, 5.74) is 1.16. The third-order valence-corrected chi connectivity index (χ3v) is 3.24. The van der Waals surface area contributed by atoms with Crippen molar-refractivity contribution in [2.24, 2.45) is 5.92 Å². The van der Waals surface area contributed by atoms with Gasteiger partial charge in [0.2, 0.25) is 0 Å². The largest absolute Gasteiger partial charge is 0.492 e. The van der Waals surface area contributed by atoms with Crippen molar-refractivity contribution in [2.75, 3.05) is 13.2 Å². The van der Waals surface area contributed by atoms with Crippen LogP contribution in [0.5, 0.6) is 5.75 Å². The maximum atomic E-state index is 6.11. The van der Waals surface area contributed by atoms with Crippen LogP contribution in [0, 0.1) is 12.8 Å². The van der Waals surface area contributed by atoms with Crippen LogP contribution in [0.15, 0.2) is 18.2 Å². The molecular weight excluding hydrogens is 234 g/mol. The molecule has 3 heteroatoms. The molecule has 1 unspecified atom stereocenters. The molecule has 1 aromatic carbocycles. The van der Waals surface area contributed by atoms with Crippen molar-refractivity contribution in [2.45, 2.75) is 32.7 Å². The SMILES string of the molecule is Cc1ccc(OCC(C)CNC2CC2)c(Cl)c1. The van der Waals surface area contributed by atoms with Gasteiger partial charge >= 0.3 is 0 Å². The zero-order valence-corrected chi connectivity index (χ0v) is 11.3. The fourth-order valence-electron chi connectivity index (χ4n) is 1.67. The van der Waals surface area contributed by atoms with Gasteiger partial charge in [-0.05, 0) is 37.5 Å². The minimum absolute atomic E-state index is 0.507. The number of hydrogen-bond donors (Lipinski definition) is 1. The lowest BCUT2D eigenvalue weighted by Gasteiger charge is -2.14. The predicted molar refractivity (Wildman–Crippen MR) is 71.9 cm³/mol. The molecule has 2 nitrogen and oxygen atoms in total. The van der Waals surface area contributed by atoms with Crippen LogP contribution >= 0.6 is 11.6 Å². The van der Waals surface area contributed by atoms with E-state index in [2.05, 4.69) is 12.2 Å². The van der Waals surface area contributed by atoms with Crippen molar-refractivity contribution in [3.63, 3.8) is 0 Å². The Bertz CT molecular complexity index is 376. The van der Waals surface area contributed by atoms with E-state index in [1.54, 1.807) is 0 Å². The van der Waals surface area contributed by atoms with Crippen LogP contribution in [0.4, 0.5) is 0 Å². The van der Waals surface area contributed by atoms with Crippen LogP contribution in [-0.4, -0.2) is 19.2 Å². The average Bonchev–Trinajstić information content (AvgIpc) is 3.09. The lowest BCUT2D eigenvalue weighted by molar-refractivity contribution is 0.255. The van der Waals surface area contributed by atoms with Gasteiger partial charge in [-0.15, -0.1) is 0 Å². The van der Waals surface area contributed by atoms with E-state index in [0.29, 0.717) is 17.5 Å². The van der Waals surface area contributed by atoms with Crippen LogP contribution in [0.25, 0.3) is 0 Å². The summed E-state index contributed by atoms with van der Waals surface area (Å²) in [6.07, 6.45) is 2.66.